The van der Waals surface area contributed by atoms with E-state index in [1.807, 2.05) is 13.8 Å². The summed E-state index contributed by atoms with van der Waals surface area (Å²) in [5.74, 6) is 0. The highest BCUT2D eigenvalue weighted by molar-refractivity contribution is 4.48. The van der Waals surface area contributed by atoms with Gasteiger partial charge in [-0.3, -0.25) is 0 Å². The van der Waals surface area contributed by atoms with Crippen LogP contribution in [0.15, 0.2) is 0 Å². The first-order chi connectivity index (χ1) is 4.31. The summed E-state index contributed by atoms with van der Waals surface area (Å²) in [6.45, 7) is 5.05. The highest BCUT2D eigenvalue weighted by Crippen LogP contribution is 1.99. The summed E-state index contributed by atoms with van der Waals surface area (Å²) in [7, 11) is 0. The second-order valence-electron chi connectivity index (χ2n) is 2.13. The van der Waals surface area contributed by atoms with E-state index in [4.69, 9.17) is 9.84 Å². The molecule has 2 nitrogen and oxygen atoms in total. The third-order valence-corrected chi connectivity index (χ3v) is 1.22. The van der Waals surface area contributed by atoms with E-state index in [0.29, 0.717) is 6.10 Å². The number of hydrogen-bond acceptors (Lipinski definition) is 2. The molecule has 0 saturated heterocycles. The van der Waals surface area contributed by atoms with Crippen molar-refractivity contribution < 1.29 is 9.84 Å². The maximum absolute atomic E-state index is 8.43. The third kappa shape index (κ3) is 5.80. The van der Waals surface area contributed by atoms with Gasteiger partial charge < -0.3 is 9.84 Å². The molecule has 9 heavy (non-hydrogen) atoms. The van der Waals surface area contributed by atoms with Crippen LogP contribution in [0.2, 0.25) is 0 Å². The van der Waals surface area contributed by atoms with Gasteiger partial charge in [0.15, 0.2) is 0 Å². The Morgan fingerprint density at radius 1 is 1.56 bits per heavy atom. The van der Waals surface area contributed by atoms with Gasteiger partial charge >= 0.3 is 0 Å². The number of ether oxygens (including phenoxy) is 1. The van der Waals surface area contributed by atoms with Crippen molar-refractivity contribution in [1.82, 2.24) is 0 Å². The van der Waals surface area contributed by atoms with Crippen molar-refractivity contribution in [2.45, 2.75) is 32.8 Å². The summed E-state index contributed by atoms with van der Waals surface area (Å²) in [5, 5.41) is 8.43. The van der Waals surface area contributed by atoms with E-state index in [1.54, 1.807) is 0 Å². The molecule has 1 atom stereocenters. The first kappa shape index (κ1) is 8.92. The summed E-state index contributed by atoms with van der Waals surface area (Å²) in [5.41, 5.74) is 0. The van der Waals surface area contributed by atoms with Crippen molar-refractivity contribution in [3.63, 3.8) is 0 Å². The Hall–Kier alpha value is -0.0800. The zero-order chi connectivity index (χ0) is 7.11. The average molecular weight is 132 g/mol. The molecule has 0 heterocycles. The Morgan fingerprint density at radius 3 is 2.67 bits per heavy atom. The van der Waals surface area contributed by atoms with E-state index < -0.39 is 0 Å². The lowest BCUT2D eigenvalue weighted by atomic mass is 10.2. The van der Waals surface area contributed by atoms with Crippen LogP contribution in [0.4, 0.5) is 0 Å². The largest absolute Gasteiger partial charge is 0.396 e. The van der Waals surface area contributed by atoms with Gasteiger partial charge in [0.2, 0.25) is 0 Å². The molecular formula is C7H16O2. The van der Waals surface area contributed by atoms with E-state index in [2.05, 4.69) is 0 Å². The lowest BCUT2D eigenvalue weighted by Gasteiger charge is -2.08. The molecule has 56 valence electrons. The molecule has 0 radical (unpaired) electrons. The van der Waals surface area contributed by atoms with E-state index >= 15 is 0 Å². The second-order valence-corrected chi connectivity index (χ2v) is 2.13. The number of rotatable bonds is 5. The predicted octanol–water partition coefficient (Wildman–Crippen LogP) is 1.18. The topological polar surface area (TPSA) is 29.5 Å². The molecule has 0 aromatic heterocycles. The maximum Gasteiger partial charge on any atom is 0.0547 e. The Labute approximate surface area is 56.8 Å². The SMILES string of the molecule is CCOC(C)CCCO. The van der Waals surface area contributed by atoms with Crippen LogP contribution in [0, 0.1) is 0 Å². The van der Waals surface area contributed by atoms with Crippen molar-refractivity contribution in [2.75, 3.05) is 13.2 Å². The number of aliphatic hydroxyl groups is 1. The summed E-state index contributed by atoms with van der Waals surface area (Å²) >= 11 is 0. The van der Waals surface area contributed by atoms with Gasteiger partial charge in [0.05, 0.1) is 6.10 Å². The molecule has 0 aliphatic carbocycles. The van der Waals surface area contributed by atoms with Crippen molar-refractivity contribution in [1.29, 1.82) is 0 Å². The zero-order valence-corrected chi connectivity index (χ0v) is 6.26. The smallest absolute Gasteiger partial charge is 0.0547 e. The normalized spacial score (nSPS) is 13.7. The van der Waals surface area contributed by atoms with Crippen LogP contribution in [0.1, 0.15) is 26.7 Å². The van der Waals surface area contributed by atoms with Crippen molar-refractivity contribution in [3.05, 3.63) is 0 Å². The van der Waals surface area contributed by atoms with Crippen molar-refractivity contribution in [2.24, 2.45) is 0 Å². The molecule has 0 spiro atoms. The van der Waals surface area contributed by atoms with Crippen LogP contribution in [0.25, 0.3) is 0 Å². The highest BCUT2D eigenvalue weighted by Gasteiger charge is 1.97. The molecular weight excluding hydrogens is 116 g/mol. The standard InChI is InChI=1S/C7H16O2/c1-3-9-7(2)5-4-6-8/h7-8H,3-6H2,1-2H3. The van der Waals surface area contributed by atoms with Crippen LogP contribution in [-0.2, 0) is 4.74 Å². The molecule has 2 heteroatoms. The van der Waals surface area contributed by atoms with Gasteiger partial charge in [-0.15, -0.1) is 0 Å². The Morgan fingerprint density at radius 2 is 2.22 bits per heavy atom. The minimum atomic E-state index is 0.275. The van der Waals surface area contributed by atoms with Gasteiger partial charge in [-0.05, 0) is 26.7 Å². The van der Waals surface area contributed by atoms with Gasteiger partial charge in [0.25, 0.3) is 0 Å². The van der Waals surface area contributed by atoms with E-state index in [9.17, 15) is 0 Å². The molecule has 0 aromatic carbocycles. The quantitative estimate of drug-likeness (QED) is 0.608. The fourth-order valence-electron chi connectivity index (χ4n) is 0.747. The fourth-order valence-corrected chi connectivity index (χ4v) is 0.747. The van der Waals surface area contributed by atoms with E-state index in [0.717, 1.165) is 19.4 Å². The first-order valence-electron chi connectivity index (χ1n) is 3.53. The molecule has 0 amide bonds. The molecule has 0 bridgehead atoms. The van der Waals surface area contributed by atoms with Crippen LogP contribution >= 0.6 is 0 Å². The monoisotopic (exact) mass is 132 g/mol. The average Bonchev–Trinajstić information content (AvgIpc) is 1.85. The van der Waals surface area contributed by atoms with Crippen LogP contribution in [0.5, 0.6) is 0 Å². The third-order valence-electron chi connectivity index (χ3n) is 1.22. The van der Waals surface area contributed by atoms with Gasteiger partial charge in [0, 0.05) is 13.2 Å². The molecule has 0 aliphatic rings. The number of hydrogen-bond donors (Lipinski definition) is 1. The van der Waals surface area contributed by atoms with Crippen LogP contribution in [-0.4, -0.2) is 24.4 Å². The van der Waals surface area contributed by atoms with Crippen LogP contribution in [0.3, 0.4) is 0 Å². The Bertz CT molecular complexity index is 54.9. The molecule has 0 fully saturated rings. The van der Waals surface area contributed by atoms with E-state index in [-0.39, 0.29) is 6.61 Å². The van der Waals surface area contributed by atoms with Gasteiger partial charge in [-0.1, -0.05) is 0 Å². The molecule has 1 unspecified atom stereocenters. The number of aliphatic hydroxyl groups excluding tert-OH is 1. The summed E-state index contributed by atoms with van der Waals surface area (Å²) in [4.78, 5) is 0. The lowest BCUT2D eigenvalue weighted by Crippen LogP contribution is -2.07. The van der Waals surface area contributed by atoms with Gasteiger partial charge in [0.1, 0.15) is 0 Å². The van der Waals surface area contributed by atoms with Gasteiger partial charge in [-0.25, -0.2) is 0 Å². The minimum Gasteiger partial charge on any atom is -0.396 e. The maximum atomic E-state index is 8.43. The fraction of sp³-hybridized carbons (Fsp3) is 1.00. The second kappa shape index (κ2) is 6.05. The van der Waals surface area contributed by atoms with Crippen molar-refractivity contribution in [3.8, 4) is 0 Å². The van der Waals surface area contributed by atoms with Crippen LogP contribution < -0.4 is 0 Å². The van der Waals surface area contributed by atoms with Gasteiger partial charge in [-0.2, -0.15) is 0 Å². The van der Waals surface area contributed by atoms with Crippen molar-refractivity contribution >= 4 is 0 Å². The molecule has 0 aromatic rings. The minimum absolute atomic E-state index is 0.275. The summed E-state index contributed by atoms with van der Waals surface area (Å²) < 4.78 is 5.23. The first-order valence-corrected chi connectivity index (χ1v) is 3.53. The Kier molecular flexibility index (Phi) is 5.99. The summed E-state index contributed by atoms with van der Waals surface area (Å²) in [6.07, 6.45) is 2.12. The Balaban J connectivity index is 2.95. The zero-order valence-electron chi connectivity index (χ0n) is 6.26. The molecule has 1 N–H and O–H groups in total. The molecule has 0 aliphatic heterocycles. The van der Waals surface area contributed by atoms with E-state index in [1.165, 1.54) is 0 Å². The molecule has 0 saturated carbocycles. The summed E-state index contributed by atoms with van der Waals surface area (Å²) in [6, 6.07) is 0. The lowest BCUT2D eigenvalue weighted by molar-refractivity contribution is 0.0649. The predicted molar refractivity (Wildman–Crippen MR) is 37.4 cm³/mol. The molecule has 0 rings (SSSR count). The highest BCUT2D eigenvalue weighted by atomic mass is 16.5.